The fourth-order valence-electron chi connectivity index (χ4n) is 2.03. The SMILES string of the molecule is CCCOC(=O)c1ccc(NC(=O)Cc2c(F)cccc2Cl)cc1. The number of esters is 1. The quantitative estimate of drug-likeness (QED) is 0.794. The minimum Gasteiger partial charge on any atom is -0.462 e. The maximum atomic E-state index is 13.7. The molecule has 0 aliphatic heterocycles. The molecule has 0 heterocycles. The summed E-state index contributed by atoms with van der Waals surface area (Å²) in [4.78, 5) is 23.7. The highest BCUT2D eigenvalue weighted by Crippen LogP contribution is 2.20. The third-order valence-corrected chi connectivity index (χ3v) is 3.59. The monoisotopic (exact) mass is 349 g/mol. The van der Waals surface area contributed by atoms with Crippen LogP contribution in [0.3, 0.4) is 0 Å². The van der Waals surface area contributed by atoms with E-state index in [-0.39, 0.29) is 17.0 Å². The molecule has 2 aromatic rings. The number of carbonyl (C=O) groups excluding carboxylic acids is 2. The van der Waals surface area contributed by atoms with Gasteiger partial charge in [-0.2, -0.15) is 0 Å². The average Bonchev–Trinajstić information content (AvgIpc) is 2.57. The van der Waals surface area contributed by atoms with Gasteiger partial charge in [0.05, 0.1) is 18.6 Å². The van der Waals surface area contributed by atoms with Crippen LogP contribution in [0.25, 0.3) is 0 Å². The third kappa shape index (κ3) is 4.80. The lowest BCUT2D eigenvalue weighted by Gasteiger charge is -2.08. The summed E-state index contributed by atoms with van der Waals surface area (Å²) >= 11 is 5.90. The van der Waals surface area contributed by atoms with Crippen LogP contribution in [-0.2, 0) is 16.0 Å². The second-order valence-electron chi connectivity index (χ2n) is 5.14. The predicted octanol–water partition coefficient (Wildman–Crippen LogP) is 4.23. The van der Waals surface area contributed by atoms with Crippen molar-refractivity contribution in [2.75, 3.05) is 11.9 Å². The molecule has 0 unspecified atom stereocenters. The molecule has 1 amide bonds. The topological polar surface area (TPSA) is 55.4 Å². The van der Waals surface area contributed by atoms with Crippen molar-refractivity contribution < 1.29 is 18.7 Å². The van der Waals surface area contributed by atoms with Crippen molar-refractivity contribution in [3.8, 4) is 0 Å². The van der Waals surface area contributed by atoms with Gasteiger partial charge >= 0.3 is 5.97 Å². The molecule has 6 heteroatoms. The first-order valence-electron chi connectivity index (χ1n) is 7.51. The average molecular weight is 350 g/mol. The van der Waals surface area contributed by atoms with Crippen molar-refractivity contribution in [1.82, 2.24) is 0 Å². The van der Waals surface area contributed by atoms with E-state index in [1.54, 1.807) is 24.3 Å². The van der Waals surface area contributed by atoms with Gasteiger partial charge in [0, 0.05) is 16.3 Å². The van der Waals surface area contributed by atoms with E-state index in [2.05, 4.69) is 5.32 Å². The molecule has 0 aliphatic carbocycles. The van der Waals surface area contributed by atoms with Gasteiger partial charge in [-0.3, -0.25) is 4.79 Å². The van der Waals surface area contributed by atoms with E-state index < -0.39 is 17.7 Å². The van der Waals surface area contributed by atoms with Gasteiger partial charge < -0.3 is 10.1 Å². The lowest BCUT2D eigenvalue weighted by Crippen LogP contribution is -2.15. The van der Waals surface area contributed by atoms with Crippen molar-refractivity contribution in [2.24, 2.45) is 0 Å². The molecule has 4 nitrogen and oxygen atoms in total. The fourth-order valence-corrected chi connectivity index (χ4v) is 2.26. The first kappa shape index (κ1) is 17.9. The highest BCUT2D eigenvalue weighted by molar-refractivity contribution is 6.31. The second-order valence-corrected chi connectivity index (χ2v) is 5.55. The number of nitrogens with one attached hydrogen (secondary N) is 1. The Morgan fingerprint density at radius 3 is 2.50 bits per heavy atom. The van der Waals surface area contributed by atoms with Crippen LogP contribution < -0.4 is 5.32 Å². The summed E-state index contributed by atoms with van der Waals surface area (Å²) in [5.41, 5.74) is 1.05. The van der Waals surface area contributed by atoms with E-state index in [9.17, 15) is 14.0 Å². The Kier molecular flexibility index (Phi) is 6.32. The minimum atomic E-state index is -0.522. The van der Waals surface area contributed by atoms with Gasteiger partial charge in [0.15, 0.2) is 0 Å². The smallest absolute Gasteiger partial charge is 0.338 e. The van der Waals surface area contributed by atoms with Crippen molar-refractivity contribution in [2.45, 2.75) is 19.8 Å². The zero-order chi connectivity index (χ0) is 17.5. The number of anilines is 1. The van der Waals surface area contributed by atoms with Crippen LogP contribution >= 0.6 is 11.6 Å². The summed E-state index contributed by atoms with van der Waals surface area (Å²) in [5, 5.41) is 2.85. The van der Waals surface area contributed by atoms with Crippen LogP contribution in [0.15, 0.2) is 42.5 Å². The summed E-state index contributed by atoms with van der Waals surface area (Å²) < 4.78 is 18.7. The number of carbonyl (C=O) groups is 2. The van der Waals surface area contributed by atoms with Crippen molar-refractivity contribution in [1.29, 1.82) is 0 Å². The molecule has 0 radical (unpaired) electrons. The standard InChI is InChI=1S/C18H17ClFNO3/c1-2-10-24-18(23)12-6-8-13(9-7-12)21-17(22)11-14-15(19)4-3-5-16(14)20/h3-9H,2,10-11H2,1H3,(H,21,22). The lowest BCUT2D eigenvalue weighted by molar-refractivity contribution is -0.115. The van der Waals surface area contributed by atoms with E-state index in [1.165, 1.54) is 18.2 Å². The van der Waals surface area contributed by atoms with Gasteiger partial charge in [0.1, 0.15) is 5.82 Å². The maximum Gasteiger partial charge on any atom is 0.338 e. The Hall–Kier alpha value is -2.40. The Bertz CT molecular complexity index is 711. The minimum absolute atomic E-state index is 0.149. The number of benzene rings is 2. The van der Waals surface area contributed by atoms with Crippen LogP contribution in [0.5, 0.6) is 0 Å². The van der Waals surface area contributed by atoms with E-state index in [0.717, 1.165) is 6.42 Å². The van der Waals surface area contributed by atoms with Crippen LogP contribution in [-0.4, -0.2) is 18.5 Å². The van der Waals surface area contributed by atoms with Gasteiger partial charge in [-0.1, -0.05) is 24.6 Å². The molecule has 0 aliphatic rings. The highest BCUT2D eigenvalue weighted by atomic mass is 35.5. The van der Waals surface area contributed by atoms with Crippen molar-refractivity contribution in [3.05, 3.63) is 64.4 Å². The molecule has 0 bridgehead atoms. The summed E-state index contributed by atoms with van der Waals surface area (Å²) in [6, 6.07) is 10.6. The Morgan fingerprint density at radius 2 is 1.88 bits per heavy atom. The molecule has 0 saturated heterocycles. The predicted molar refractivity (Wildman–Crippen MR) is 90.8 cm³/mol. The van der Waals surface area contributed by atoms with Crippen LogP contribution in [0.1, 0.15) is 29.3 Å². The first-order valence-corrected chi connectivity index (χ1v) is 7.89. The summed E-state index contributed by atoms with van der Waals surface area (Å²) in [7, 11) is 0. The number of rotatable bonds is 6. The molecule has 0 atom stereocenters. The van der Waals surface area contributed by atoms with Gasteiger partial charge in [-0.15, -0.1) is 0 Å². The normalized spacial score (nSPS) is 10.3. The molecule has 0 aromatic heterocycles. The van der Waals surface area contributed by atoms with Crippen molar-refractivity contribution in [3.63, 3.8) is 0 Å². The molecule has 1 N–H and O–H groups in total. The molecule has 24 heavy (non-hydrogen) atoms. The number of hydrogen-bond acceptors (Lipinski definition) is 3. The maximum absolute atomic E-state index is 13.7. The van der Waals surface area contributed by atoms with Gasteiger partial charge in [-0.25, -0.2) is 9.18 Å². The zero-order valence-corrected chi connectivity index (χ0v) is 13.9. The molecular weight excluding hydrogens is 333 g/mol. The molecule has 126 valence electrons. The second kappa shape index (κ2) is 8.45. The van der Waals surface area contributed by atoms with Crippen molar-refractivity contribution >= 4 is 29.2 Å². The number of ether oxygens (including phenoxy) is 1. The largest absolute Gasteiger partial charge is 0.462 e. The molecule has 2 rings (SSSR count). The first-order chi connectivity index (χ1) is 11.5. The van der Waals surface area contributed by atoms with E-state index >= 15 is 0 Å². The van der Waals surface area contributed by atoms with Gasteiger partial charge in [-0.05, 0) is 42.8 Å². The fraction of sp³-hybridized carbons (Fsp3) is 0.222. The summed E-state index contributed by atoms with van der Waals surface area (Å²) in [6.07, 6.45) is 0.574. The summed E-state index contributed by atoms with van der Waals surface area (Å²) in [6.45, 7) is 2.27. The zero-order valence-electron chi connectivity index (χ0n) is 13.1. The van der Waals surface area contributed by atoms with Gasteiger partial charge in [0.2, 0.25) is 5.91 Å². The molecule has 0 spiro atoms. The van der Waals surface area contributed by atoms with Crippen LogP contribution in [0.4, 0.5) is 10.1 Å². The molecule has 0 fully saturated rings. The lowest BCUT2D eigenvalue weighted by atomic mass is 10.1. The Balaban J connectivity index is 1.98. The van der Waals surface area contributed by atoms with Crippen LogP contribution in [0, 0.1) is 5.82 Å². The summed E-state index contributed by atoms with van der Waals surface area (Å²) in [5.74, 6) is -1.33. The third-order valence-electron chi connectivity index (χ3n) is 3.24. The highest BCUT2D eigenvalue weighted by Gasteiger charge is 2.12. The van der Waals surface area contributed by atoms with Gasteiger partial charge in [0.25, 0.3) is 0 Å². The number of amides is 1. The number of hydrogen-bond donors (Lipinski definition) is 1. The molecular formula is C18H17ClFNO3. The van der Waals surface area contributed by atoms with E-state index in [1.807, 2.05) is 6.92 Å². The van der Waals surface area contributed by atoms with Crippen LogP contribution in [0.2, 0.25) is 5.02 Å². The van der Waals surface area contributed by atoms with E-state index in [0.29, 0.717) is 17.9 Å². The molecule has 2 aromatic carbocycles. The van der Waals surface area contributed by atoms with E-state index in [4.69, 9.17) is 16.3 Å². The Labute approximate surface area is 144 Å². The Morgan fingerprint density at radius 1 is 1.17 bits per heavy atom. The number of halogens is 2. The molecule has 0 saturated carbocycles.